The molecule has 2 aromatic carbocycles. The van der Waals surface area contributed by atoms with Crippen molar-refractivity contribution in [3.8, 4) is 17.6 Å². The number of carbonyl (C=O) groups excluding carboxylic acids is 1. The average molecular weight is 281 g/mol. The molecule has 0 aliphatic carbocycles. The molecule has 0 aliphatic heterocycles. The highest BCUT2D eigenvalue weighted by molar-refractivity contribution is 5.80. The van der Waals surface area contributed by atoms with Crippen molar-refractivity contribution in [2.45, 2.75) is 0 Å². The molecule has 2 rings (SSSR count). The van der Waals surface area contributed by atoms with Gasteiger partial charge in [0.1, 0.15) is 18.0 Å². The van der Waals surface area contributed by atoms with Crippen LogP contribution in [0.4, 0.5) is 5.69 Å². The van der Waals surface area contributed by atoms with Crippen molar-refractivity contribution in [3.63, 3.8) is 0 Å². The molecule has 2 aromatic rings. The predicted octanol–water partition coefficient (Wildman–Crippen LogP) is 2.53. The Morgan fingerprint density at radius 3 is 2.38 bits per heavy atom. The van der Waals surface area contributed by atoms with Gasteiger partial charge in [-0.05, 0) is 36.4 Å². The van der Waals surface area contributed by atoms with Crippen LogP contribution in [0.25, 0.3) is 0 Å². The van der Waals surface area contributed by atoms with Gasteiger partial charge in [-0.1, -0.05) is 18.2 Å². The summed E-state index contributed by atoms with van der Waals surface area (Å²) in [6, 6.07) is 18.7. The quantitative estimate of drug-likeness (QED) is 0.798. The van der Waals surface area contributed by atoms with Gasteiger partial charge in [-0.25, -0.2) is 0 Å². The molecular weight excluding hydrogens is 266 g/mol. The number of nitrogens with one attached hydrogen (secondary N) is 2. The minimum atomic E-state index is -0.221. The zero-order valence-electron chi connectivity index (χ0n) is 11.4. The number of hydrogen-bond acceptors (Lipinski definition) is 4. The molecule has 0 radical (unpaired) electrons. The SMILES string of the molecule is N#CCNC(=O)CNc1ccc(Oc2ccccc2)cc1. The highest BCUT2D eigenvalue weighted by atomic mass is 16.5. The van der Waals surface area contributed by atoms with Gasteiger partial charge in [-0.2, -0.15) is 5.26 Å². The Balaban J connectivity index is 1.85. The Bertz CT molecular complexity index is 618. The van der Waals surface area contributed by atoms with Crippen LogP contribution in [0.1, 0.15) is 0 Å². The normalized spacial score (nSPS) is 9.48. The van der Waals surface area contributed by atoms with E-state index in [2.05, 4.69) is 10.6 Å². The van der Waals surface area contributed by atoms with Gasteiger partial charge < -0.3 is 15.4 Å². The number of nitriles is 1. The Hall–Kier alpha value is -3.00. The summed E-state index contributed by atoms with van der Waals surface area (Å²) in [5, 5.41) is 13.8. The van der Waals surface area contributed by atoms with E-state index in [0.29, 0.717) is 0 Å². The number of amides is 1. The minimum absolute atomic E-state index is 0.0182. The Morgan fingerprint density at radius 1 is 1.05 bits per heavy atom. The van der Waals surface area contributed by atoms with Crippen molar-refractivity contribution < 1.29 is 9.53 Å². The average Bonchev–Trinajstić information content (AvgIpc) is 2.53. The molecular formula is C16H15N3O2. The molecule has 5 nitrogen and oxygen atoms in total. The summed E-state index contributed by atoms with van der Waals surface area (Å²) < 4.78 is 5.67. The lowest BCUT2D eigenvalue weighted by molar-refractivity contribution is -0.119. The van der Waals surface area contributed by atoms with Crippen molar-refractivity contribution in [2.24, 2.45) is 0 Å². The lowest BCUT2D eigenvalue weighted by Crippen LogP contribution is -2.29. The summed E-state index contributed by atoms with van der Waals surface area (Å²) in [5.74, 6) is 1.27. The zero-order valence-corrected chi connectivity index (χ0v) is 11.4. The van der Waals surface area contributed by atoms with Crippen LogP contribution in [-0.2, 0) is 4.79 Å². The number of rotatable bonds is 6. The van der Waals surface area contributed by atoms with Gasteiger partial charge in [0.25, 0.3) is 0 Å². The third-order valence-corrected chi connectivity index (χ3v) is 2.65. The van der Waals surface area contributed by atoms with E-state index in [1.807, 2.05) is 60.7 Å². The molecule has 0 atom stereocenters. The summed E-state index contributed by atoms with van der Waals surface area (Å²) in [6.07, 6.45) is 0. The highest BCUT2D eigenvalue weighted by Gasteiger charge is 2.01. The lowest BCUT2D eigenvalue weighted by Gasteiger charge is -2.08. The molecule has 2 N–H and O–H groups in total. The molecule has 0 aliphatic rings. The monoisotopic (exact) mass is 281 g/mol. The molecule has 106 valence electrons. The second kappa shape index (κ2) is 7.56. The van der Waals surface area contributed by atoms with Gasteiger partial charge in [0.15, 0.2) is 0 Å². The van der Waals surface area contributed by atoms with Gasteiger partial charge >= 0.3 is 0 Å². The van der Waals surface area contributed by atoms with E-state index in [1.54, 1.807) is 0 Å². The van der Waals surface area contributed by atoms with Gasteiger partial charge in [-0.15, -0.1) is 0 Å². The van der Waals surface area contributed by atoms with E-state index in [1.165, 1.54) is 0 Å². The largest absolute Gasteiger partial charge is 0.457 e. The first kappa shape index (κ1) is 14.4. The third kappa shape index (κ3) is 4.88. The first-order chi connectivity index (χ1) is 10.3. The number of anilines is 1. The van der Waals surface area contributed by atoms with E-state index in [9.17, 15) is 4.79 Å². The lowest BCUT2D eigenvalue weighted by atomic mass is 10.3. The summed E-state index contributed by atoms with van der Waals surface area (Å²) in [7, 11) is 0. The smallest absolute Gasteiger partial charge is 0.240 e. The summed E-state index contributed by atoms with van der Waals surface area (Å²) in [5.41, 5.74) is 0.808. The maximum atomic E-state index is 11.3. The van der Waals surface area contributed by atoms with E-state index < -0.39 is 0 Å². The fraction of sp³-hybridized carbons (Fsp3) is 0.125. The molecule has 0 spiro atoms. The first-order valence-electron chi connectivity index (χ1n) is 6.48. The van der Waals surface area contributed by atoms with E-state index >= 15 is 0 Å². The summed E-state index contributed by atoms with van der Waals surface area (Å²) >= 11 is 0. The van der Waals surface area contributed by atoms with Gasteiger partial charge in [0.05, 0.1) is 12.6 Å². The molecule has 0 fully saturated rings. The van der Waals surface area contributed by atoms with E-state index in [-0.39, 0.29) is 19.0 Å². The maximum absolute atomic E-state index is 11.3. The highest BCUT2D eigenvalue weighted by Crippen LogP contribution is 2.22. The second-order valence-electron chi connectivity index (χ2n) is 4.23. The van der Waals surface area contributed by atoms with E-state index in [4.69, 9.17) is 10.00 Å². The van der Waals surface area contributed by atoms with Crippen molar-refractivity contribution in [1.82, 2.24) is 5.32 Å². The van der Waals surface area contributed by atoms with Gasteiger partial charge in [-0.3, -0.25) is 4.79 Å². The molecule has 0 heterocycles. The summed E-state index contributed by atoms with van der Waals surface area (Å²) in [6.45, 7) is 0.144. The Morgan fingerprint density at radius 2 is 1.71 bits per heavy atom. The molecule has 0 aromatic heterocycles. The van der Waals surface area contributed by atoms with Crippen molar-refractivity contribution >= 4 is 11.6 Å². The number of benzene rings is 2. The fourth-order valence-electron chi connectivity index (χ4n) is 1.65. The summed E-state index contributed by atoms with van der Waals surface area (Å²) in [4.78, 5) is 11.3. The molecule has 0 saturated heterocycles. The molecule has 0 bridgehead atoms. The third-order valence-electron chi connectivity index (χ3n) is 2.65. The number of hydrogen-bond donors (Lipinski definition) is 2. The van der Waals surface area contributed by atoms with Crippen LogP contribution in [0, 0.1) is 11.3 Å². The predicted molar refractivity (Wildman–Crippen MR) is 80.1 cm³/mol. The van der Waals surface area contributed by atoms with Crippen LogP contribution in [0.15, 0.2) is 54.6 Å². The van der Waals surface area contributed by atoms with Crippen LogP contribution >= 0.6 is 0 Å². The second-order valence-corrected chi connectivity index (χ2v) is 4.23. The minimum Gasteiger partial charge on any atom is -0.457 e. The maximum Gasteiger partial charge on any atom is 0.240 e. The first-order valence-corrected chi connectivity index (χ1v) is 6.48. The zero-order chi connectivity index (χ0) is 14.9. The van der Waals surface area contributed by atoms with Gasteiger partial charge in [0, 0.05) is 5.69 Å². The van der Waals surface area contributed by atoms with Crippen LogP contribution in [-0.4, -0.2) is 19.0 Å². The molecule has 0 saturated carbocycles. The topological polar surface area (TPSA) is 74.2 Å². The molecule has 0 unspecified atom stereocenters. The Labute approximate surface area is 123 Å². The fourth-order valence-corrected chi connectivity index (χ4v) is 1.65. The van der Waals surface area contributed by atoms with Crippen LogP contribution in [0.5, 0.6) is 11.5 Å². The van der Waals surface area contributed by atoms with Crippen molar-refractivity contribution in [1.29, 1.82) is 5.26 Å². The standard InChI is InChI=1S/C16H15N3O2/c17-10-11-18-16(20)12-19-13-6-8-15(9-7-13)21-14-4-2-1-3-5-14/h1-9,19H,11-12H2,(H,18,20). The molecule has 21 heavy (non-hydrogen) atoms. The van der Waals surface area contributed by atoms with Crippen molar-refractivity contribution in [3.05, 3.63) is 54.6 Å². The van der Waals surface area contributed by atoms with Crippen LogP contribution in [0.2, 0.25) is 0 Å². The van der Waals surface area contributed by atoms with Gasteiger partial charge in [0.2, 0.25) is 5.91 Å². The number of carbonyl (C=O) groups is 1. The molecule has 1 amide bonds. The van der Waals surface area contributed by atoms with Crippen LogP contribution < -0.4 is 15.4 Å². The van der Waals surface area contributed by atoms with Crippen LogP contribution in [0.3, 0.4) is 0 Å². The number of nitrogens with zero attached hydrogens (tertiary/aromatic N) is 1. The van der Waals surface area contributed by atoms with Crippen molar-refractivity contribution in [2.75, 3.05) is 18.4 Å². The Kier molecular flexibility index (Phi) is 5.18. The van der Waals surface area contributed by atoms with E-state index in [0.717, 1.165) is 17.2 Å². The molecule has 5 heteroatoms. The number of para-hydroxylation sites is 1. The number of ether oxygens (including phenoxy) is 1.